The van der Waals surface area contributed by atoms with Gasteiger partial charge in [0.25, 0.3) is 0 Å². The normalized spacial score (nSPS) is 28.0. The molecule has 0 aliphatic carbocycles. The van der Waals surface area contributed by atoms with E-state index in [0.29, 0.717) is 11.2 Å². The molecule has 5 unspecified atom stereocenters. The van der Waals surface area contributed by atoms with Crippen LogP contribution in [0.4, 0.5) is 5.82 Å². The molecule has 10 heteroatoms. The predicted octanol–water partition coefficient (Wildman–Crippen LogP) is 0.629. The number of nitrogens with two attached hydrogens (primary N) is 1. The molecule has 9 nitrogen and oxygen atoms in total. The summed E-state index contributed by atoms with van der Waals surface area (Å²) in [5, 5.41) is 19.1. The number of aromatic nitrogens is 4. The first kappa shape index (κ1) is 15.8. The molecule has 3 N–H and O–H groups in total. The predicted molar refractivity (Wildman–Crippen MR) is 84.4 cm³/mol. The van der Waals surface area contributed by atoms with Gasteiger partial charge < -0.3 is 15.6 Å². The van der Waals surface area contributed by atoms with Crippen molar-refractivity contribution in [1.82, 2.24) is 19.5 Å². The Morgan fingerprint density at radius 3 is 3.09 bits per heavy atom. The lowest BCUT2D eigenvalue weighted by atomic mass is 10.0. The molecule has 3 heterocycles. The molecule has 120 valence electrons. The number of imidazole rings is 1. The number of nitrogen functional groups attached to an aromatic ring is 1. The van der Waals surface area contributed by atoms with Crippen LogP contribution in [0.3, 0.4) is 0 Å². The Morgan fingerprint density at radius 2 is 2.35 bits per heavy atom. The Kier molecular flexibility index (Phi) is 4.24. The minimum Gasteiger partial charge on any atom is -0.390 e. The van der Waals surface area contributed by atoms with Crippen molar-refractivity contribution < 1.29 is 14.4 Å². The van der Waals surface area contributed by atoms with E-state index >= 15 is 0 Å². The number of aliphatic hydroxyl groups excluding tert-OH is 1. The van der Waals surface area contributed by atoms with Gasteiger partial charge in [-0.2, -0.15) is 4.52 Å². The summed E-state index contributed by atoms with van der Waals surface area (Å²) in [6.07, 6.45) is 4.75. The van der Waals surface area contributed by atoms with Gasteiger partial charge in [0.05, 0.1) is 12.4 Å². The fourth-order valence-electron chi connectivity index (χ4n) is 2.60. The maximum absolute atomic E-state index is 10.3. The van der Waals surface area contributed by atoms with Gasteiger partial charge in [-0.3, -0.25) is 4.57 Å². The van der Waals surface area contributed by atoms with Gasteiger partial charge in [-0.15, -0.1) is 5.26 Å². The van der Waals surface area contributed by atoms with Crippen molar-refractivity contribution in [2.45, 2.75) is 25.4 Å². The summed E-state index contributed by atoms with van der Waals surface area (Å²) < 4.78 is 12.9. The molecular weight excluding hydrogens is 319 g/mol. The largest absolute Gasteiger partial charge is 0.390 e. The van der Waals surface area contributed by atoms with Crippen molar-refractivity contribution in [2.75, 3.05) is 12.3 Å². The molecule has 0 amide bonds. The van der Waals surface area contributed by atoms with Crippen LogP contribution in [0.5, 0.6) is 0 Å². The summed E-state index contributed by atoms with van der Waals surface area (Å²) in [5.74, 6) is 2.01. The van der Waals surface area contributed by atoms with E-state index in [0.717, 1.165) is 0 Å². The molecule has 0 radical (unpaired) electrons. The number of rotatable bonds is 4. The van der Waals surface area contributed by atoms with Crippen LogP contribution >= 0.6 is 7.77 Å². The first-order valence-electron chi connectivity index (χ1n) is 6.92. The summed E-state index contributed by atoms with van der Waals surface area (Å²) in [6.45, 7) is 1.97. The Hall–Kier alpha value is -2.11. The second-order valence-corrected chi connectivity index (χ2v) is 6.49. The molecule has 1 aliphatic rings. The van der Waals surface area contributed by atoms with Crippen molar-refractivity contribution in [3.63, 3.8) is 0 Å². The highest BCUT2D eigenvalue weighted by Gasteiger charge is 2.43. The summed E-state index contributed by atoms with van der Waals surface area (Å²) in [4.78, 5) is 12.3. The molecule has 2 aromatic heterocycles. The highest BCUT2D eigenvalue weighted by atomic mass is 31.1. The molecule has 0 bridgehead atoms. The quantitative estimate of drug-likeness (QED) is 0.778. The van der Waals surface area contributed by atoms with Crippen LogP contribution in [0.25, 0.3) is 11.2 Å². The lowest BCUT2D eigenvalue weighted by Crippen LogP contribution is -2.28. The Morgan fingerprint density at radius 1 is 1.57 bits per heavy atom. The van der Waals surface area contributed by atoms with Crippen LogP contribution in [-0.2, 0) is 9.26 Å². The first-order valence-corrected chi connectivity index (χ1v) is 8.37. The van der Waals surface area contributed by atoms with Gasteiger partial charge in [-0.1, -0.05) is 6.92 Å². The number of anilines is 1. The van der Waals surface area contributed by atoms with E-state index in [4.69, 9.17) is 20.3 Å². The topological polar surface area (TPSA) is 132 Å². The number of fused-ring (bicyclic) bond motifs is 1. The van der Waals surface area contributed by atoms with E-state index < -0.39 is 26.2 Å². The molecule has 1 fully saturated rings. The van der Waals surface area contributed by atoms with Gasteiger partial charge in [0.15, 0.2) is 11.5 Å². The maximum atomic E-state index is 10.3. The Labute approximate surface area is 133 Å². The van der Waals surface area contributed by atoms with Crippen LogP contribution in [0, 0.1) is 17.0 Å². The molecule has 23 heavy (non-hydrogen) atoms. The van der Waals surface area contributed by atoms with E-state index in [1.807, 2.05) is 12.7 Å². The van der Waals surface area contributed by atoms with E-state index in [9.17, 15) is 5.11 Å². The van der Waals surface area contributed by atoms with Crippen LogP contribution in [-0.4, -0.2) is 49.7 Å². The first-order chi connectivity index (χ1) is 11.0. The van der Waals surface area contributed by atoms with E-state index in [-0.39, 0.29) is 18.3 Å². The Bertz CT molecular complexity index is 788. The molecule has 0 saturated carbocycles. The molecule has 3 rings (SSSR count). The number of ether oxygens (including phenoxy) is 1. The van der Waals surface area contributed by atoms with Gasteiger partial charge in [-0.05, 0) is 0 Å². The number of hydrogen-bond acceptors (Lipinski definition) is 8. The molecule has 5 atom stereocenters. The Balaban J connectivity index is 1.84. The average molecular weight is 335 g/mol. The maximum Gasteiger partial charge on any atom is 0.368 e. The summed E-state index contributed by atoms with van der Waals surface area (Å²) in [6, 6.07) is 0. The SMILES string of the molecule is C=[P+](C#N)OCC1OC(n2cnc3c(N)ncnc32)C(C)C1O. The van der Waals surface area contributed by atoms with Crippen molar-refractivity contribution in [3.05, 3.63) is 12.7 Å². The fourth-order valence-corrected chi connectivity index (χ4v) is 2.98. The van der Waals surface area contributed by atoms with Gasteiger partial charge in [0.2, 0.25) is 0 Å². The van der Waals surface area contributed by atoms with Crippen molar-refractivity contribution >= 4 is 31.1 Å². The molecule has 0 aromatic carbocycles. The van der Waals surface area contributed by atoms with Crippen LogP contribution < -0.4 is 5.73 Å². The lowest BCUT2D eigenvalue weighted by molar-refractivity contribution is -0.0375. The smallest absolute Gasteiger partial charge is 0.368 e. The minimum atomic E-state index is -1.41. The zero-order valence-electron chi connectivity index (χ0n) is 12.4. The van der Waals surface area contributed by atoms with E-state index in [1.54, 1.807) is 10.9 Å². The third-order valence-electron chi connectivity index (χ3n) is 3.85. The number of nitrogens with zero attached hydrogens (tertiary/aromatic N) is 5. The number of aliphatic hydroxyl groups is 1. The minimum absolute atomic E-state index is 0.106. The number of nitriles is 1. The summed E-state index contributed by atoms with van der Waals surface area (Å²) in [5.41, 5.74) is 6.81. The zero-order valence-corrected chi connectivity index (χ0v) is 13.3. The van der Waals surface area contributed by atoms with Gasteiger partial charge in [-0.25, -0.2) is 15.0 Å². The van der Waals surface area contributed by atoms with Crippen LogP contribution in [0.15, 0.2) is 12.7 Å². The highest BCUT2D eigenvalue weighted by Crippen LogP contribution is 2.37. The van der Waals surface area contributed by atoms with Gasteiger partial charge in [0, 0.05) is 5.92 Å². The average Bonchev–Trinajstić information content (AvgIpc) is 3.09. The van der Waals surface area contributed by atoms with E-state index in [1.165, 1.54) is 6.33 Å². The standard InChI is InChI=1S/C13H16N6O3P/c1-7-10(20)8(3-21-23(2)4-14)22-13(7)19-6-18-9-11(15)16-5-17-12(9)19/h5-8,10,13,20H,2-3H2,1H3,(H2,15,16,17)/q+1. The fraction of sp³-hybridized carbons (Fsp3) is 0.462. The third-order valence-corrected chi connectivity index (χ3v) is 4.53. The summed E-state index contributed by atoms with van der Waals surface area (Å²) >= 11 is 0. The third kappa shape index (κ3) is 2.78. The monoisotopic (exact) mass is 335 g/mol. The van der Waals surface area contributed by atoms with Crippen LogP contribution in [0.2, 0.25) is 0 Å². The van der Waals surface area contributed by atoms with Crippen molar-refractivity contribution in [3.8, 4) is 5.81 Å². The molecule has 1 aliphatic heterocycles. The lowest BCUT2D eigenvalue weighted by Gasteiger charge is -2.17. The highest BCUT2D eigenvalue weighted by molar-refractivity contribution is 7.55. The number of hydrogen-bond donors (Lipinski definition) is 2. The molecular formula is C13H16N6O3P+. The second-order valence-electron chi connectivity index (χ2n) is 5.27. The van der Waals surface area contributed by atoms with Crippen molar-refractivity contribution in [2.24, 2.45) is 5.92 Å². The molecule has 0 spiro atoms. The van der Waals surface area contributed by atoms with Gasteiger partial charge in [0.1, 0.15) is 37.1 Å². The zero-order chi connectivity index (χ0) is 16.6. The second kappa shape index (κ2) is 6.18. The van der Waals surface area contributed by atoms with Crippen molar-refractivity contribution in [1.29, 1.82) is 5.26 Å². The molecule has 1 saturated heterocycles. The van der Waals surface area contributed by atoms with Crippen LogP contribution in [0.1, 0.15) is 13.2 Å². The van der Waals surface area contributed by atoms with E-state index in [2.05, 4.69) is 21.3 Å². The summed E-state index contributed by atoms with van der Waals surface area (Å²) in [7, 11) is -1.41. The van der Waals surface area contributed by atoms with Gasteiger partial charge >= 0.3 is 13.6 Å². The molecule has 2 aromatic rings.